The van der Waals surface area contributed by atoms with Crippen molar-refractivity contribution in [3.63, 3.8) is 0 Å². The molecule has 0 saturated heterocycles. The van der Waals surface area contributed by atoms with Gasteiger partial charge < -0.3 is 49.3 Å². The van der Waals surface area contributed by atoms with E-state index in [1.54, 1.807) is 30.3 Å². The Morgan fingerprint density at radius 3 is 1.59 bits per heavy atom. The Kier molecular flexibility index (Phi) is 21.4. The number of halogens is 4. The molecule has 5 atom stereocenters. The Labute approximate surface area is 427 Å². The Hall–Kier alpha value is -3.58. The topological polar surface area (TPSA) is 246 Å². The van der Waals surface area contributed by atoms with Gasteiger partial charge in [0.15, 0.2) is 12.2 Å². The SMILES string of the molecule is O=C(NCCOCCOCCNS(=O)(=O)c1ccc(O[C@@H]2CCC3=C2C=C(Cl)CC3Cl)cc1)[C@H](O)[C@@H](O)C(=O)NCCOCCOCCNS(=O)(=O)c1ccc(O[C@@H]2CCc3c(Cl)cc(Cl)cc32)cc1. The molecule has 18 nitrogen and oxygen atoms in total. The summed E-state index contributed by atoms with van der Waals surface area (Å²) in [6.45, 7) is 0.632. The van der Waals surface area contributed by atoms with Crippen LogP contribution in [0, 0.1) is 0 Å². The number of rotatable bonds is 29. The number of aliphatic hydroxyl groups is 2. The molecule has 0 saturated carbocycles. The number of carbonyl (C=O) groups is 2. The van der Waals surface area contributed by atoms with Crippen molar-refractivity contribution in [1.82, 2.24) is 20.1 Å². The van der Waals surface area contributed by atoms with Crippen LogP contribution in [-0.2, 0) is 55.0 Å². The maximum Gasteiger partial charge on any atom is 0.252 e. The Bertz CT molecular complexity index is 2540. The van der Waals surface area contributed by atoms with Gasteiger partial charge in [0.25, 0.3) is 11.8 Å². The monoisotopic (exact) mass is 1090 g/mol. The third-order valence-corrected chi connectivity index (χ3v) is 15.4. The number of allylic oxidation sites excluding steroid dienone is 2. The maximum absolute atomic E-state index is 12.8. The average Bonchev–Trinajstić information content (AvgIpc) is 3.93. The Morgan fingerprint density at radius 1 is 0.629 bits per heavy atom. The van der Waals surface area contributed by atoms with Gasteiger partial charge in [-0.2, -0.15) is 0 Å². The van der Waals surface area contributed by atoms with Gasteiger partial charge in [0.1, 0.15) is 23.7 Å². The minimum Gasteiger partial charge on any atom is -0.486 e. The minimum atomic E-state index is -3.81. The van der Waals surface area contributed by atoms with Crippen molar-refractivity contribution in [2.75, 3.05) is 79.0 Å². The van der Waals surface area contributed by atoms with E-state index < -0.39 is 44.1 Å². The Balaban J connectivity index is 0.728. The lowest BCUT2D eigenvalue weighted by atomic mass is 9.99. The fraction of sp³-hybridized carbons (Fsp3) is 0.478. The van der Waals surface area contributed by atoms with Crippen LogP contribution >= 0.6 is 46.4 Å². The van der Waals surface area contributed by atoms with Crippen molar-refractivity contribution in [3.05, 3.63) is 104 Å². The highest BCUT2D eigenvalue weighted by atomic mass is 35.5. The molecule has 0 fully saturated rings. The van der Waals surface area contributed by atoms with Crippen LogP contribution in [0.2, 0.25) is 10.0 Å². The van der Waals surface area contributed by atoms with Crippen molar-refractivity contribution in [2.24, 2.45) is 0 Å². The molecule has 6 rings (SSSR count). The van der Waals surface area contributed by atoms with E-state index in [9.17, 15) is 36.6 Å². The fourth-order valence-electron chi connectivity index (χ4n) is 7.71. The van der Waals surface area contributed by atoms with Crippen molar-refractivity contribution < 1.29 is 65.1 Å². The van der Waals surface area contributed by atoms with Crippen LogP contribution in [0.3, 0.4) is 0 Å². The van der Waals surface area contributed by atoms with E-state index in [4.69, 9.17) is 74.8 Å². The molecule has 3 aromatic carbocycles. The number of ether oxygens (including phenoxy) is 6. The lowest BCUT2D eigenvalue weighted by molar-refractivity contribution is -0.146. The van der Waals surface area contributed by atoms with Crippen molar-refractivity contribution in [1.29, 1.82) is 0 Å². The van der Waals surface area contributed by atoms with Gasteiger partial charge in [0.2, 0.25) is 20.0 Å². The molecule has 0 spiro atoms. The molecular formula is C46H56Cl4N4O14S2. The maximum atomic E-state index is 12.8. The number of hydrogen-bond donors (Lipinski definition) is 6. The van der Waals surface area contributed by atoms with Crippen LogP contribution < -0.4 is 29.6 Å². The van der Waals surface area contributed by atoms with Gasteiger partial charge in [-0.05, 0) is 115 Å². The smallest absolute Gasteiger partial charge is 0.252 e. The molecule has 0 aliphatic heterocycles. The highest BCUT2D eigenvalue weighted by Gasteiger charge is 2.33. The van der Waals surface area contributed by atoms with Gasteiger partial charge in [0.05, 0.1) is 68.0 Å². The Morgan fingerprint density at radius 2 is 1.09 bits per heavy atom. The number of aliphatic hydroxyl groups excluding tert-OH is 2. The summed E-state index contributed by atoms with van der Waals surface area (Å²) in [5.41, 5.74) is 4.04. The molecular weight excluding hydrogens is 1040 g/mol. The van der Waals surface area contributed by atoms with E-state index in [2.05, 4.69) is 20.1 Å². The molecule has 384 valence electrons. The van der Waals surface area contributed by atoms with Gasteiger partial charge >= 0.3 is 0 Å². The van der Waals surface area contributed by atoms with Gasteiger partial charge in [-0.25, -0.2) is 26.3 Å². The summed E-state index contributed by atoms with van der Waals surface area (Å²) in [5.74, 6) is -0.948. The summed E-state index contributed by atoms with van der Waals surface area (Å²) in [6.07, 6.45) is 1.04. The van der Waals surface area contributed by atoms with E-state index in [1.165, 1.54) is 24.3 Å². The summed E-state index contributed by atoms with van der Waals surface area (Å²) < 4.78 is 89.8. The van der Waals surface area contributed by atoms with Crippen molar-refractivity contribution >= 4 is 78.3 Å². The molecule has 3 aliphatic carbocycles. The molecule has 3 aliphatic rings. The molecule has 0 radical (unpaired) electrons. The highest BCUT2D eigenvalue weighted by Crippen LogP contribution is 2.42. The second kappa shape index (κ2) is 26.9. The number of nitrogens with one attached hydrogen (secondary N) is 4. The summed E-state index contributed by atoms with van der Waals surface area (Å²) in [7, 11) is -7.61. The molecule has 0 bridgehead atoms. The molecule has 6 N–H and O–H groups in total. The summed E-state index contributed by atoms with van der Waals surface area (Å²) >= 11 is 25.2. The number of alkyl halides is 1. The van der Waals surface area contributed by atoms with Crippen LogP contribution in [0.15, 0.2) is 92.7 Å². The number of fused-ring (bicyclic) bond motifs is 1. The first-order chi connectivity index (χ1) is 33.5. The zero-order valence-corrected chi connectivity index (χ0v) is 42.5. The molecule has 70 heavy (non-hydrogen) atoms. The third-order valence-electron chi connectivity index (χ3n) is 11.2. The quantitative estimate of drug-likeness (QED) is 0.0419. The van der Waals surface area contributed by atoms with Gasteiger partial charge in [0, 0.05) is 47.7 Å². The second-order valence-corrected chi connectivity index (χ2v) is 21.5. The number of carbonyl (C=O) groups excluding carboxylic acids is 2. The second-order valence-electron chi connectivity index (χ2n) is 16.1. The summed E-state index contributed by atoms with van der Waals surface area (Å²) in [5, 5.41) is 26.6. The minimum absolute atomic E-state index is 0.00518. The summed E-state index contributed by atoms with van der Waals surface area (Å²) in [6, 6.07) is 15.7. The lowest BCUT2D eigenvalue weighted by Gasteiger charge is -2.21. The third kappa shape index (κ3) is 16.2. The first-order valence-electron chi connectivity index (χ1n) is 22.5. The number of sulfonamides is 2. The molecule has 3 aromatic rings. The van der Waals surface area contributed by atoms with Crippen LogP contribution in [0.5, 0.6) is 11.5 Å². The van der Waals surface area contributed by atoms with Crippen molar-refractivity contribution in [2.45, 2.75) is 71.7 Å². The van der Waals surface area contributed by atoms with E-state index in [1.807, 2.05) is 12.1 Å². The molecule has 0 heterocycles. The van der Waals surface area contributed by atoms with Crippen molar-refractivity contribution in [3.8, 4) is 11.5 Å². The number of benzene rings is 3. The van der Waals surface area contributed by atoms with E-state index in [0.717, 1.165) is 48.0 Å². The fourth-order valence-corrected chi connectivity index (χ4v) is 11.1. The number of amides is 2. The first-order valence-corrected chi connectivity index (χ1v) is 27.0. The molecule has 1 unspecified atom stereocenters. The molecule has 2 amide bonds. The van der Waals surface area contributed by atoms with E-state index >= 15 is 0 Å². The molecule has 24 heteroatoms. The first kappa shape index (κ1) is 55.7. The predicted molar refractivity (Wildman–Crippen MR) is 262 cm³/mol. The largest absolute Gasteiger partial charge is 0.486 e. The van der Waals surface area contributed by atoms with E-state index in [-0.39, 0.29) is 106 Å². The predicted octanol–water partition coefficient (Wildman–Crippen LogP) is 4.31. The zero-order chi connectivity index (χ0) is 50.3. The lowest BCUT2D eigenvalue weighted by Crippen LogP contribution is -2.50. The van der Waals surface area contributed by atoms with Crippen LogP contribution in [0.4, 0.5) is 0 Å². The normalized spacial score (nSPS) is 18.7. The van der Waals surface area contributed by atoms with Crippen LogP contribution in [0.1, 0.15) is 42.9 Å². The van der Waals surface area contributed by atoms with Gasteiger partial charge in [-0.3, -0.25) is 9.59 Å². The van der Waals surface area contributed by atoms with Crippen LogP contribution in [-0.4, -0.2) is 142 Å². The standard InChI is InChI=1S/C46H56Cl4N4O14S2/c47-29-25-37-35(39(49)27-29)9-11-41(37)67-31-1-5-33(6-2-31)69(59,60)53-15-19-65-23-21-63-17-13-51-45(57)43(55)44(56)46(58)52-14-18-64-22-24-66-20-16-54-70(61,62)34-7-3-32(4-8-34)68-42-12-10-36-38(42)26-30(48)28-40(36)50/h1-8,25-27,40-44,53-56H,9-24,28H2,(H,51,57)(H,52,58)/t40?,41-,42-,43-,44-/m1/s1. The highest BCUT2D eigenvalue weighted by molar-refractivity contribution is 7.89. The average molecular weight is 1090 g/mol. The number of hydrogen-bond acceptors (Lipinski definition) is 14. The summed E-state index contributed by atoms with van der Waals surface area (Å²) in [4.78, 5) is 24.6. The molecule has 0 aromatic heterocycles. The van der Waals surface area contributed by atoms with Gasteiger partial charge in [-0.1, -0.05) is 34.8 Å². The van der Waals surface area contributed by atoms with E-state index in [0.29, 0.717) is 33.0 Å². The van der Waals surface area contributed by atoms with Crippen LogP contribution in [0.25, 0.3) is 0 Å². The van der Waals surface area contributed by atoms with Gasteiger partial charge in [-0.15, -0.1) is 11.6 Å². The zero-order valence-electron chi connectivity index (χ0n) is 37.9.